The van der Waals surface area contributed by atoms with E-state index in [-0.39, 0.29) is 5.91 Å². The molecule has 0 spiro atoms. The number of amides is 1. The molecule has 1 rings (SSSR count). The van der Waals surface area contributed by atoms with Gasteiger partial charge in [0.15, 0.2) is 0 Å². The average molecular weight is 284 g/mol. The number of primary amides is 1. The largest absolute Gasteiger partial charge is 0.381 e. The van der Waals surface area contributed by atoms with E-state index < -0.39 is 5.54 Å². The van der Waals surface area contributed by atoms with Crippen LogP contribution in [0.3, 0.4) is 0 Å². The monoisotopic (exact) mass is 284 g/mol. The summed E-state index contributed by atoms with van der Waals surface area (Å²) in [7, 11) is 0. The Bertz CT molecular complexity index is 292. The third kappa shape index (κ3) is 6.23. The number of hydrogen-bond acceptors (Lipinski definition) is 3. The fraction of sp³-hybridized carbons (Fsp3) is 0.938. The van der Waals surface area contributed by atoms with Gasteiger partial charge in [0.1, 0.15) is 0 Å². The highest BCUT2D eigenvalue weighted by Gasteiger charge is 2.36. The lowest BCUT2D eigenvalue weighted by molar-refractivity contribution is -0.124. The summed E-state index contributed by atoms with van der Waals surface area (Å²) in [5.41, 5.74) is 4.91. The van der Waals surface area contributed by atoms with Crippen molar-refractivity contribution in [3.63, 3.8) is 0 Å². The number of rotatable bonds is 12. The molecule has 4 nitrogen and oxygen atoms in total. The molecule has 0 saturated heterocycles. The quantitative estimate of drug-likeness (QED) is 0.541. The standard InChI is InChI=1S/C16H32N2O2/c1-4-6-7-13(5-2)12-20-11-10-16(3,15(17)19)18-14-8-9-14/h13-14,18H,4-12H2,1-3H3,(H2,17,19). The van der Waals surface area contributed by atoms with Crippen LogP contribution < -0.4 is 11.1 Å². The second-order valence-electron chi connectivity index (χ2n) is 6.36. The third-order valence-corrected chi connectivity index (χ3v) is 4.29. The van der Waals surface area contributed by atoms with Crippen molar-refractivity contribution < 1.29 is 9.53 Å². The van der Waals surface area contributed by atoms with Crippen LogP contribution in [0.4, 0.5) is 0 Å². The van der Waals surface area contributed by atoms with Crippen molar-refractivity contribution in [3.8, 4) is 0 Å². The van der Waals surface area contributed by atoms with E-state index in [4.69, 9.17) is 10.5 Å². The lowest BCUT2D eigenvalue weighted by Crippen LogP contribution is -2.54. The molecule has 1 amide bonds. The maximum Gasteiger partial charge on any atom is 0.237 e. The van der Waals surface area contributed by atoms with Crippen LogP contribution in [0.5, 0.6) is 0 Å². The molecule has 0 aromatic carbocycles. The summed E-state index contributed by atoms with van der Waals surface area (Å²) >= 11 is 0. The van der Waals surface area contributed by atoms with Crippen LogP contribution in [-0.4, -0.2) is 30.7 Å². The predicted octanol–water partition coefficient (Wildman–Crippen LogP) is 2.61. The summed E-state index contributed by atoms with van der Waals surface area (Å²) in [6.07, 6.45) is 7.86. The smallest absolute Gasteiger partial charge is 0.237 e. The molecule has 0 heterocycles. The van der Waals surface area contributed by atoms with E-state index in [9.17, 15) is 4.79 Å². The molecule has 0 bridgehead atoms. The Morgan fingerprint density at radius 2 is 2.15 bits per heavy atom. The maximum atomic E-state index is 11.6. The van der Waals surface area contributed by atoms with Crippen molar-refractivity contribution in [3.05, 3.63) is 0 Å². The molecule has 0 aromatic heterocycles. The number of ether oxygens (including phenoxy) is 1. The molecule has 2 atom stereocenters. The summed E-state index contributed by atoms with van der Waals surface area (Å²) in [5, 5.41) is 3.35. The van der Waals surface area contributed by atoms with E-state index in [2.05, 4.69) is 19.2 Å². The molecule has 118 valence electrons. The Kier molecular flexibility index (Phi) is 7.52. The highest BCUT2D eigenvalue weighted by molar-refractivity contribution is 5.84. The molecule has 4 heteroatoms. The fourth-order valence-corrected chi connectivity index (χ4v) is 2.37. The number of nitrogens with two attached hydrogens (primary N) is 1. The normalized spacial score (nSPS) is 19.6. The first kappa shape index (κ1) is 17.4. The summed E-state index contributed by atoms with van der Waals surface area (Å²) in [6, 6.07) is 0.473. The van der Waals surface area contributed by atoms with Crippen LogP contribution in [0, 0.1) is 5.92 Å². The van der Waals surface area contributed by atoms with Gasteiger partial charge >= 0.3 is 0 Å². The first-order chi connectivity index (χ1) is 9.51. The van der Waals surface area contributed by atoms with Crippen LogP contribution in [-0.2, 0) is 9.53 Å². The molecule has 0 aliphatic heterocycles. The lowest BCUT2D eigenvalue weighted by Gasteiger charge is -2.28. The first-order valence-electron chi connectivity index (χ1n) is 8.17. The van der Waals surface area contributed by atoms with Crippen molar-refractivity contribution in [1.29, 1.82) is 0 Å². The van der Waals surface area contributed by atoms with Crippen LogP contribution in [0.1, 0.15) is 65.7 Å². The number of nitrogens with one attached hydrogen (secondary N) is 1. The molecule has 2 unspecified atom stereocenters. The van der Waals surface area contributed by atoms with Gasteiger partial charge in [0.05, 0.1) is 5.54 Å². The van der Waals surface area contributed by atoms with Crippen molar-refractivity contribution in [2.24, 2.45) is 11.7 Å². The van der Waals surface area contributed by atoms with Gasteiger partial charge in [-0.2, -0.15) is 0 Å². The second-order valence-corrected chi connectivity index (χ2v) is 6.36. The zero-order valence-electron chi connectivity index (χ0n) is 13.4. The van der Waals surface area contributed by atoms with Gasteiger partial charge in [0.25, 0.3) is 0 Å². The van der Waals surface area contributed by atoms with Gasteiger partial charge in [-0.15, -0.1) is 0 Å². The molecular formula is C16H32N2O2. The highest BCUT2D eigenvalue weighted by atomic mass is 16.5. The molecular weight excluding hydrogens is 252 g/mol. The zero-order chi connectivity index (χ0) is 15.0. The van der Waals surface area contributed by atoms with Crippen LogP contribution in [0.2, 0.25) is 0 Å². The van der Waals surface area contributed by atoms with E-state index in [0.29, 0.717) is 25.0 Å². The molecule has 1 aliphatic carbocycles. The van der Waals surface area contributed by atoms with Crippen molar-refractivity contribution in [1.82, 2.24) is 5.32 Å². The van der Waals surface area contributed by atoms with Crippen LogP contribution in [0.25, 0.3) is 0 Å². The van der Waals surface area contributed by atoms with Gasteiger partial charge in [-0.3, -0.25) is 4.79 Å². The minimum absolute atomic E-state index is 0.272. The third-order valence-electron chi connectivity index (χ3n) is 4.29. The average Bonchev–Trinajstić information content (AvgIpc) is 3.21. The molecule has 0 aromatic rings. The molecule has 1 aliphatic rings. The van der Waals surface area contributed by atoms with E-state index in [1.54, 1.807) is 0 Å². The SMILES string of the molecule is CCCCC(CC)COCCC(C)(NC1CC1)C(N)=O. The van der Waals surface area contributed by atoms with Crippen molar-refractivity contribution in [2.75, 3.05) is 13.2 Å². The molecule has 20 heavy (non-hydrogen) atoms. The van der Waals surface area contributed by atoms with Gasteiger partial charge < -0.3 is 15.8 Å². The molecule has 1 fully saturated rings. The van der Waals surface area contributed by atoms with E-state index in [1.165, 1.54) is 19.3 Å². The Morgan fingerprint density at radius 1 is 1.45 bits per heavy atom. The van der Waals surface area contributed by atoms with E-state index in [1.807, 2.05) is 6.92 Å². The number of carbonyl (C=O) groups excluding carboxylic acids is 1. The Hall–Kier alpha value is -0.610. The van der Waals surface area contributed by atoms with Gasteiger partial charge in [-0.1, -0.05) is 33.1 Å². The Labute approximate surface area is 123 Å². The van der Waals surface area contributed by atoms with Crippen LogP contribution >= 0.6 is 0 Å². The molecule has 0 radical (unpaired) electrons. The number of unbranched alkanes of at least 4 members (excludes halogenated alkanes) is 1. The maximum absolute atomic E-state index is 11.6. The topological polar surface area (TPSA) is 64.3 Å². The minimum atomic E-state index is -0.619. The summed E-state index contributed by atoms with van der Waals surface area (Å²) in [6.45, 7) is 7.73. The summed E-state index contributed by atoms with van der Waals surface area (Å²) < 4.78 is 5.78. The predicted molar refractivity (Wildman–Crippen MR) is 82.5 cm³/mol. The van der Waals surface area contributed by atoms with Gasteiger partial charge in [0, 0.05) is 19.3 Å². The fourth-order valence-electron chi connectivity index (χ4n) is 2.37. The Morgan fingerprint density at radius 3 is 2.65 bits per heavy atom. The summed E-state index contributed by atoms with van der Waals surface area (Å²) in [4.78, 5) is 11.6. The zero-order valence-corrected chi connectivity index (χ0v) is 13.4. The van der Waals surface area contributed by atoms with E-state index >= 15 is 0 Å². The minimum Gasteiger partial charge on any atom is -0.381 e. The van der Waals surface area contributed by atoms with Gasteiger partial charge in [-0.25, -0.2) is 0 Å². The number of hydrogen-bond donors (Lipinski definition) is 2. The van der Waals surface area contributed by atoms with E-state index in [0.717, 1.165) is 25.9 Å². The Balaban J connectivity index is 2.24. The molecule has 1 saturated carbocycles. The van der Waals surface area contributed by atoms with Gasteiger partial charge in [-0.05, 0) is 38.5 Å². The lowest BCUT2D eigenvalue weighted by atomic mass is 9.97. The van der Waals surface area contributed by atoms with Crippen molar-refractivity contribution >= 4 is 5.91 Å². The van der Waals surface area contributed by atoms with Crippen LogP contribution in [0.15, 0.2) is 0 Å². The molecule has 3 N–H and O–H groups in total. The van der Waals surface area contributed by atoms with Gasteiger partial charge in [0.2, 0.25) is 5.91 Å². The first-order valence-corrected chi connectivity index (χ1v) is 8.17. The second kappa shape index (κ2) is 8.63. The summed E-state index contributed by atoms with van der Waals surface area (Å²) in [5.74, 6) is 0.372. The highest BCUT2D eigenvalue weighted by Crippen LogP contribution is 2.24. The number of carbonyl (C=O) groups is 1. The van der Waals surface area contributed by atoms with Crippen molar-refractivity contribution in [2.45, 2.75) is 77.3 Å².